The number of rotatable bonds is 6. The molecular formula is C19H27N7O2. The highest BCUT2D eigenvalue weighted by molar-refractivity contribution is 5.97. The van der Waals surface area contributed by atoms with E-state index in [1.807, 2.05) is 7.05 Å². The first-order valence-corrected chi connectivity index (χ1v) is 9.22. The quantitative estimate of drug-likeness (QED) is 0.640. The Kier molecular flexibility index (Phi) is 6.15. The molecular weight excluding hydrogens is 358 g/mol. The number of nitrogens with zero attached hydrogens (tertiary/aromatic N) is 4. The lowest BCUT2D eigenvalue weighted by atomic mass is 10.0. The molecule has 2 heterocycles. The van der Waals surface area contributed by atoms with E-state index in [9.17, 15) is 4.79 Å². The molecule has 150 valence electrons. The van der Waals surface area contributed by atoms with Crippen LogP contribution in [0.15, 0.2) is 30.6 Å². The summed E-state index contributed by atoms with van der Waals surface area (Å²) in [7, 11) is 5.64. The fourth-order valence-corrected chi connectivity index (χ4v) is 3.34. The van der Waals surface area contributed by atoms with Crippen molar-refractivity contribution < 1.29 is 9.53 Å². The molecule has 1 saturated heterocycles. The number of nitrogen functional groups attached to an aromatic ring is 1. The van der Waals surface area contributed by atoms with E-state index in [4.69, 9.17) is 10.5 Å². The van der Waals surface area contributed by atoms with Crippen LogP contribution >= 0.6 is 0 Å². The van der Waals surface area contributed by atoms with Gasteiger partial charge in [-0.2, -0.15) is 0 Å². The SMILES string of the molecule is COc1ccccc1C(=O)NNc1ncnc(N(C)C2CCN(C)CC2)c1N. The number of aromatic nitrogens is 2. The van der Waals surface area contributed by atoms with Gasteiger partial charge >= 0.3 is 0 Å². The molecule has 1 amide bonds. The van der Waals surface area contributed by atoms with Crippen LogP contribution in [0.25, 0.3) is 0 Å². The van der Waals surface area contributed by atoms with E-state index in [0.29, 0.717) is 34.7 Å². The highest BCUT2D eigenvalue weighted by Crippen LogP contribution is 2.28. The van der Waals surface area contributed by atoms with Gasteiger partial charge in [0, 0.05) is 13.1 Å². The number of methoxy groups -OCH3 is 1. The molecule has 4 N–H and O–H groups in total. The number of nitrogens with one attached hydrogen (secondary N) is 2. The summed E-state index contributed by atoms with van der Waals surface area (Å²) in [5.41, 5.74) is 12.5. The summed E-state index contributed by atoms with van der Waals surface area (Å²) in [6.45, 7) is 2.08. The summed E-state index contributed by atoms with van der Waals surface area (Å²) in [4.78, 5) is 25.4. The molecule has 0 aliphatic carbocycles. The van der Waals surface area contributed by atoms with Crippen molar-refractivity contribution in [2.24, 2.45) is 0 Å². The number of carbonyl (C=O) groups is 1. The van der Waals surface area contributed by atoms with Gasteiger partial charge in [0.2, 0.25) is 0 Å². The molecule has 1 fully saturated rings. The van der Waals surface area contributed by atoms with E-state index in [-0.39, 0.29) is 5.91 Å². The zero-order valence-corrected chi connectivity index (χ0v) is 16.5. The van der Waals surface area contributed by atoms with E-state index in [2.05, 4.69) is 37.7 Å². The predicted molar refractivity (Wildman–Crippen MR) is 109 cm³/mol. The first-order valence-electron chi connectivity index (χ1n) is 9.22. The smallest absolute Gasteiger partial charge is 0.273 e. The molecule has 2 aromatic rings. The van der Waals surface area contributed by atoms with E-state index in [1.54, 1.807) is 24.3 Å². The van der Waals surface area contributed by atoms with Gasteiger partial charge in [0.05, 0.1) is 12.7 Å². The number of likely N-dealkylation sites (tertiary alicyclic amines) is 1. The van der Waals surface area contributed by atoms with Crippen LogP contribution in [-0.2, 0) is 0 Å². The molecule has 9 heteroatoms. The minimum Gasteiger partial charge on any atom is -0.496 e. The van der Waals surface area contributed by atoms with Gasteiger partial charge in [-0.05, 0) is 45.1 Å². The Hall–Kier alpha value is -3.07. The molecule has 0 saturated carbocycles. The van der Waals surface area contributed by atoms with Crippen molar-refractivity contribution in [1.29, 1.82) is 0 Å². The lowest BCUT2D eigenvalue weighted by Gasteiger charge is -2.36. The first kappa shape index (κ1) is 19.7. The normalized spacial score (nSPS) is 15.1. The van der Waals surface area contributed by atoms with Gasteiger partial charge in [0.15, 0.2) is 11.6 Å². The number of carbonyl (C=O) groups excluding carboxylic acids is 1. The van der Waals surface area contributed by atoms with Gasteiger partial charge in [-0.15, -0.1) is 0 Å². The summed E-state index contributed by atoms with van der Waals surface area (Å²) in [5.74, 6) is 1.15. The van der Waals surface area contributed by atoms with Gasteiger partial charge in [0.1, 0.15) is 17.8 Å². The molecule has 0 spiro atoms. The average molecular weight is 385 g/mol. The van der Waals surface area contributed by atoms with E-state index >= 15 is 0 Å². The van der Waals surface area contributed by atoms with Crippen LogP contribution in [0, 0.1) is 0 Å². The largest absolute Gasteiger partial charge is 0.496 e. The average Bonchev–Trinajstić information content (AvgIpc) is 2.72. The number of hydrogen-bond acceptors (Lipinski definition) is 8. The predicted octanol–water partition coefficient (Wildman–Crippen LogP) is 1.35. The monoisotopic (exact) mass is 385 g/mol. The van der Waals surface area contributed by atoms with Gasteiger partial charge in [-0.3, -0.25) is 15.6 Å². The van der Waals surface area contributed by atoms with Crippen LogP contribution in [0.5, 0.6) is 5.75 Å². The Balaban J connectivity index is 1.70. The minimum absolute atomic E-state index is 0.347. The maximum atomic E-state index is 12.5. The van der Waals surface area contributed by atoms with Crippen LogP contribution < -0.4 is 26.2 Å². The number of para-hydroxylation sites is 1. The Morgan fingerprint density at radius 1 is 1.29 bits per heavy atom. The zero-order valence-electron chi connectivity index (χ0n) is 16.5. The van der Waals surface area contributed by atoms with E-state index in [0.717, 1.165) is 25.9 Å². The first-order chi connectivity index (χ1) is 13.5. The van der Waals surface area contributed by atoms with Crippen molar-refractivity contribution in [2.75, 3.05) is 50.4 Å². The van der Waals surface area contributed by atoms with Crippen LogP contribution in [0.1, 0.15) is 23.2 Å². The van der Waals surface area contributed by atoms with E-state index in [1.165, 1.54) is 13.4 Å². The molecule has 28 heavy (non-hydrogen) atoms. The second-order valence-electron chi connectivity index (χ2n) is 6.88. The topological polar surface area (TPSA) is 109 Å². The zero-order chi connectivity index (χ0) is 20.1. The maximum Gasteiger partial charge on any atom is 0.273 e. The Labute approximate surface area is 164 Å². The Bertz CT molecular complexity index is 822. The van der Waals surface area contributed by atoms with Crippen LogP contribution in [0.2, 0.25) is 0 Å². The molecule has 1 aromatic carbocycles. The van der Waals surface area contributed by atoms with Gasteiger partial charge < -0.3 is 20.3 Å². The second kappa shape index (κ2) is 8.75. The number of benzene rings is 1. The lowest BCUT2D eigenvalue weighted by Crippen LogP contribution is -2.42. The van der Waals surface area contributed by atoms with Gasteiger partial charge in [-0.25, -0.2) is 9.97 Å². The van der Waals surface area contributed by atoms with Crippen molar-refractivity contribution in [3.05, 3.63) is 36.2 Å². The molecule has 0 bridgehead atoms. The molecule has 0 atom stereocenters. The third kappa shape index (κ3) is 4.25. The number of amides is 1. The molecule has 1 aliphatic heterocycles. The highest BCUT2D eigenvalue weighted by Gasteiger charge is 2.24. The van der Waals surface area contributed by atoms with Crippen molar-refractivity contribution in [3.63, 3.8) is 0 Å². The van der Waals surface area contributed by atoms with E-state index < -0.39 is 0 Å². The number of ether oxygens (including phenoxy) is 1. The van der Waals surface area contributed by atoms with Gasteiger partial charge in [0.25, 0.3) is 5.91 Å². The van der Waals surface area contributed by atoms with Crippen molar-refractivity contribution in [1.82, 2.24) is 20.3 Å². The molecule has 1 aliphatic rings. The minimum atomic E-state index is -0.347. The third-order valence-corrected chi connectivity index (χ3v) is 5.08. The van der Waals surface area contributed by atoms with Crippen molar-refractivity contribution in [2.45, 2.75) is 18.9 Å². The summed E-state index contributed by atoms with van der Waals surface area (Å²) in [6, 6.07) is 7.34. The summed E-state index contributed by atoms with van der Waals surface area (Å²) < 4.78 is 5.22. The number of nitrogens with two attached hydrogens (primary N) is 1. The van der Waals surface area contributed by atoms with Crippen LogP contribution in [-0.4, -0.2) is 61.1 Å². The Morgan fingerprint density at radius 3 is 2.71 bits per heavy atom. The fraction of sp³-hybridized carbons (Fsp3) is 0.421. The number of hydrogen-bond donors (Lipinski definition) is 3. The Morgan fingerprint density at radius 2 is 2.00 bits per heavy atom. The molecule has 0 unspecified atom stereocenters. The summed E-state index contributed by atoms with van der Waals surface area (Å²) in [6.07, 6.45) is 3.53. The van der Waals surface area contributed by atoms with Crippen LogP contribution in [0.3, 0.4) is 0 Å². The standard InChI is InChI=1S/C19H27N7O2/c1-25-10-8-13(9-11-25)26(2)18-16(20)17(21-12-22-18)23-24-19(27)14-6-4-5-7-15(14)28-3/h4-7,12-13H,8-11,20H2,1-3H3,(H,24,27)(H,21,22,23). The highest BCUT2D eigenvalue weighted by atomic mass is 16.5. The van der Waals surface area contributed by atoms with Crippen molar-refractivity contribution >= 4 is 23.2 Å². The molecule has 3 rings (SSSR count). The van der Waals surface area contributed by atoms with Crippen LogP contribution in [0.4, 0.5) is 17.3 Å². The second-order valence-corrected chi connectivity index (χ2v) is 6.88. The number of piperidine rings is 1. The summed E-state index contributed by atoms with van der Waals surface area (Å²) in [5, 5.41) is 0. The van der Waals surface area contributed by atoms with Gasteiger partial charge in [-0.1, -0.05) is 12.1 Å². The molecule has 9 nitrogen and oxygen atoms in total. The summed E-state index contributed by atoms with van der Waals surface area (Å²) >= 11 is 0. The third-order valence-electron chi connectivity index (χ3n) is 5.08. The molecule has 1 aromatic heterocycles. The van der Waals surface area contributed by atoms with Crippen molar-refractivity contribution in [3.8, 4) is 5.75 Å². The molecule has 0 radical (unpaired) electrons. The maximum absolute atomic E-state index is 12.5. The number of hydrazine groups is 1. The fourth-order valence-electron chi connectivity index (χ4n) is 3.34. The lowest BCUT2D eigenvalue weighted by molar-refractivity contribution is 0.0959. The number of anilines is 3.